The molecule has 0 aromatic heterocycles. The van der Waals surface area contributed by atoms with Crippen LogP contribution in [-0.2, 0) is 23.9 Å². The number of para-hydroxylation sites is 1. The van der Waals surface area contributed by atoms with E-state index < -0.39 is 40.1 Å². The molecule has 5 rings (SSSR count). The molecular formula is C28H26N2O7. The molecule has 0 fully saturated rings. The van der Waals surface area contributed by atoms with Gasteiger partial charge in [0.15, 0.2) is 17.1 Å². The first kappa shape index (κ1) is 24.3. The molecule has 2 aromatic carbocycles. The zero-order valence-electron chi connectivity index (χ0n) is 20.9. The zero-order chi connectivity index (χ0) is 26.7. The van der Waals surface area contributed by atoms with Gasteiger partial charge in [0.1, 0.15) is 11.3 Å². The van der Waals surface area contributed by atoms with Gasteiger partial charge in [0.25, 0.3) is 11.8 Å². The van der Waals surface area contributed by atoms with Crippen molar-refractivity contribution >= 4 is 34.9 Å². The number of aliphatic hydroxyl groups excluding tert-OH is 1. The number of carbonyl (C=O) groups is 4. The van der Waals surface area contributed by atoms with Crippen LogP contribution in [0.2, 0.25) is 0 Å². The first-order valence-corrected chi connectivity index (χ1v) is 11.8. The minimum absolute atomic E-state index is 0.00528. The molecule has 2 aliphatic heterocycles. The highest BCUT2D eigenvalue weighted by molar-refractivity contribution is 6.33. The van der Waals surface area contributed by atoms with Crippen molar-refractivity contribution < 1.29 is 33.8 Å². The number of nitrogens with zero attached hydrogens (tertiary/aromatic N) is 2. The van der Waals surface area contributed by atoms with Crippen molar-refractivity contribution in [3.05, 3.63) is 77.2 Å². The number of esters is 1. The monoisotopic (exact) mass is 502 g/mol. The number of anilines is 2. The van der Waals surface area contributed by atoms with E-state index in [1.54, 1.807) is 42.5 Å². The number of ketones is 1. The Morgan fingerprint density at radius 2 is 1.57 bits per heavy atom. The second kappa shape index (κ2) is 8.33. The second-order valence-electron chi connectivity index (χ2n) is 10.0. The molecule has 0 radical (unpaired) electrons. The fraction of sp³-hybridized carbons (Fsp3) is 0.286. The van der Waals surface area contributed by atoms with Gasteiger partial charge < -0.3 is 14.6 Å². The molecule has 1 unspecified atom stereocenters. The van der Waals surface area contributed by atoms with Crippen LogP contribution in [-0.4, -0.2) is 48.4 Å². The Morgan fingerprint density at radius 1 is 0.919 bits per heavy atom. The van der Waals surface area contributed by atoms with Crippen molar-refractivity contribution in [3.63, 3.8) is 0 Å². The molecule has 2 heterocycles. The van der Waals surface area contributed by atoms with Crippen LogP contribution in [0.5, 0.6) is 5.75 Å². The summed E-state index contributed by atoms with van der Waals surface area (Å²) in [6.45, 7) is 3.84. The van der Waals surface area contributed by atoms with Gasteiger partial charge in [0, 0.05) is 23.5 Å². The Morgan fingerprint density at radius 3 is 2.16 bits per heavy atom. The van der Waals surface area contributed by atoms with Crippen LogP contribution in [0.1, 0.15) is 26.7 Å². The number of aliphatic hydroxyl groups is 1. The van der Waals surface area contributed by atoms with Gasteiger partial charge in [-0.25, -0.2) is 4.79 Å². The van der Waals surface area contributed by atoms with Crippen molar-refractivity contribution in [2.24, 2.45) is 5.41 Å². The number of hydrogen-bond donors (Lipinski definition) is 1. The average molecular weight is 503 g/mol. The third-order valence-corrected chi connectivity index (χ3v) is 7.07. The molecule has 9 heteroatoms. The molecule has 1 atom stereocenters. The van der Waals surface area contributed by atoms with Crippen LogP contribution in [0.25, 0.3) is 0 Å². The van der Waals surface area contributed by atoms with Gasteiger partial charge in [-0.2, -0.15) is 0 Å². The molecule has 1 aliphatic carbocycles. The first-order chi connectivity index (χ1) is 17.6. The summed E-state index contributed by atoms with van der Waals surface area (Å²) in [5.41, 5.74) is -2.24. The van der Waals surface area contributed by atoms with E-state index in [9.17, 15) is 24.3 Å². The maximum absolute atomic E-state index is 14.6. The predicted octanol–water partition coefficient (Wildman–Crippen LogP) is 3.46. The molecule has 3 aliphatic rings. The molecule has 1 spiro atoms. The van der Waals surface area contributed by atoms with Crippen molar-refractivity contribution in [3.8, 4) is 5.75 Å². The van der Waals surface area contributed by atoms with E-state index in [0.29, 0.717) is 23.6 Å². The number of allylic oxidation sites excluding steroid dienone is 1. The van der Waals surface area contributed by atoms with Gasteiger partial charge in [-0.05, 0) is 48.2 Å². The summed E-state index contributed by atoms with van der Waals surface area (Å²) in [5.74, 6) is -3.61. The highest BCUT2D eigenvalue weighted by atomic mass is 16.5. The molecule has 37 heavy (non-hydrogen) atoms. The van der Waals surface area contributed by atoms with Crippen molar-refractivity contribution in [2.45, 2.75) is 32.2 Å². The minimum Gasteiger partial charge on any atom is -0.503 e. The lowest BCUT2D eigenvalue weighted by Crippen LogP contribution is -2.59. The third kappa shape index (κ3) is 3.30. The number of carbonyl (C=O) groups excluding carboxylic acids is 4. The summed E-state index contributed by atoms with van der Waals surface area (Å²) >= 11 is 0. The largest absolute Gasteiger partial charge is 0.503 e. The summed E-state index contributed by atoms with van der Waals surface area (Å²) in [7, 11) is 2.57. The molecule has 0 saturated carbocycles. The van der Waals surface area contributed by atoms with Crippen LogP contribution >= 0.6 is 0 Å². The molecular weight excluding hydrogens is 476 g/mol. The summed E-state index contributed by atoms with van der Waals surface area (Å²) < 4.78 is 10.2. The Labute approximate surface area is 213 Å². The van der Waals surface area contributed by atoms with Gasteiger partial charge in [-0.3, -0.25) is 24.2 Å². The van der Waals surface area contributed by atoms with Gasteiger partial charge >= 0.3 is 5.97 Å². The summed E-state index contributed by atoms with van der Waals surface area (Å²) in [5, 5.41) is 11.0. The molecule has 0 saturated heterocycles. The molecule has 2 aromatic rings. The normalized spacial score (nSPS) is 22.8. The summed E-state index contributed by atoms with van der Waals surface area (Å²) in [6, 6.07) is 14.9. The lowest BCUT2D eigenvalue weighted by molar-refractivity contribution is -0.138. The van der Waals surface area contributed by atoms with Gasteiger partial charge in [0.2, 0.25) is 0 Å². The lowest BCUT2D eigenvalue weighted by atomic mass is 9.70. The van der Waals surface area contributed by atoms with E-state index in [4.69, 9.17) is 9.47 Å². The number of Topliss-reactive ketones (excluding diaryl/α,β-unsaturated/α-hetero) is 1. The summed E-state index contributed by atoms with van der Waals surface area (Å²) in [6.07, 6.45) is 0.416. The smallest absolute Gasteiger partial charge is 0.341 e. The number of ether oxygens (including phenoxy) is 2. The fourth-order valence-corrected chi connectivity index (χ4v) is 5.61. The van der Waals surface area contributed by atoms with E-state index in [1.165, 1.54) is 24.1 Å². The van der Waals surface area contributed by atoms with Gasteiger partial charge in [-0.15, -0.1) is 0 Å². The highest BCUT2D eigenvalue weighted by Gasteiger charge is 2.70. The van der Waals surface area contributed by atoms with Crippen LogP contribution in [0.3, 0.4) is 0 Å². The molecule has 2 amide bonds. The SMILES string of the molecule is COC(=O)C1=C(O)C(=O)N(c2ccc(OC)cc2)C12C(=O)N(c1ccccc1)C1=C2C(=O)CC(C)(C)C1. The minimum atomic E-state index is -2.23. The maximum atomic E-state index is 14.6. The highest BCUT2D eigenvalue weighted by Crippen LogP contribution is 2.56. The molecule has 190 valence electrons. The van der Waals surface area contributed by atoms with Crippen LogP contribution < -0.4 is 14.5 Å². The van der Waals surface area contributed by atoms with Gasteiger partial charge in [-0.1, -0.05) is 32.0 Å². The number of methoxy groups -OCH3 is 2. The van der Waals surface area contributed by atoms with E-state index >= 15 is 0 Å². The van der Waals surface area contributed by atoms with Crippen LogP contribution in [0.15, 0.2) is 77.2 Å². The Balaban J connectivity index is 1.87. The van der Waals surface area contributed by atoms with Crippen LogP contribution in [0, 0.1) is 5.41 Å². The number of fused-ring (bicyclic) bond motifs is 1. The maximum Gasteiger partial charge on any atom is 0.341 e. The van der Waals surface area contributed by atoms with E-state index in [1.807, 2.05) is 13.8 Å². The predicted molar refractivity (Wildman–Crippen MR) is 134 cm³/mol. The van der Waals surface area contributed by atoms with Crippen molar-refractivity contribution in [2.75, 3.05) is 24.0 Å². The number of hydrogen-bond acceptors (Lipinski definition) is 7. The van der Waals surface area contributed by atoms with Gasteiger partial charge in [0.05, 0.1) is 19.8 Å². The zero-order valence-corrected chi connectivity index (χ0v) is 20.9. The van der Waals surface area contributed by atoms with E-state index in [-0.39, 0.29) is 23.5 Å². The van der Waals surface area contributed by atoms with Crippen LogP contribution in [0.4, 0.5) is 11.4 Å². The Kier molecular flexibility index (Phi) is 5.47. The standard InChI is InChI=1S/C28H26N2O7/c1-27(2)14-19-21(20(31)15-27)28(26(35)29(19)16-8-6-5-7-9-16)22(25(34)37-4)23(32)24(33)30(28)17-10-12-18(36-3)13-11-17/h5-13,32H,14-15H2,1-4H3. The van der Waals surface area contributed by atoms with E-state index in [2.05, 4.69) is 0 Å². The summed E-state index contributed by atoms with van der Waals surface area (Å²) in [4.78, 5) is 57.7. The topological polar surface area (TPSA) is 113 Å². The molecule has 1 N–H and O–H groups in total. The Hall–Kier alpha value is -4.40. The Bertz CT molecular complexity index is 1410. The first-order valence-electron chi connectivity index (χ1n) is 11.8. The van der Waals surface area contributed by atoms with Crippen molar-refractivity contribution in [1.29, 1.82) is 0 Å². The molecule has 9 nitrogen and oxygen atoms in total. The number of amides is 2. The number of rotatable bonds is 4. The quantitative estimate of drug-likeness (QED) is 0.637. The van der Waals surface area contributed by atoms with E-state index in [0.717, 1.165) is 12.0 Å². The lowest BCUT2D eigenvalue weighted by Gasteiger charge is -2.38. The van der Waals surface area contributed by atoms with Crippen molar-refractivity contribution in [1.82, 2.24) is 0 Å². The number of benzene rings is 2. The average Bonchev–Trinajstić information content (AvgIpc) is 3.25. The molecule has 0 bridgehead atoms. The second-order valence-corrected chi connectivity index (χ2v) is 10.0. The third-order valence-electron chi connectivity index (χ3n) is 7.07. The fourth-order valence-electron chi connectivity index (χ4n) is 5.61.